The number of hydrogen-bond donors (Lipinski definition) is 0. The van der Waals surface area contributed by atoms with Gasteiger partial charge in [-0.25, -0.2) is 0 Å². The van der Waals surface area contributed by atoms with Crippen LogP contribution in [0, 0.1) is 0 Å². The monoisotopic (exact) mass is 328 g/mol. The lowest BCUT2D eigenvalue weighted by Crippen LogP contribution is -2.29. The Labute approximate surface area is 142 Å². The first-order valence-corrected chi connectivity index (χ1v) is 8.61. The van der Waals surface area contributed by atoms with Crippen LogP contribution in [0.2, 0.25) is 0 Å². The Balaban J connectivity index is 1.45. The minimum Gasteiger partial charge on any atom is -0.494 e. The van der Waals surface area contributed by atoms with E-state index in [1.165, 1.54) is 0 Å². The van der Waals surface area contributed by atoms with Crippen LogP contribution >= 0.6 is 0 Å². The summed E-state index contributed by atoms with van der Waals surface area (Å²) in [7, 11) is 0. The van der Waals surface area contributed by atoms with Crippen molar-refractivity contribution in [3.05, 3.63) is 42.2 Å². The van der Waals surface area contributed by atoms with Gasteiger partial charge in [0.25, 0.3) is 0 Å². The Morgan fingerprint density at radius 1 is 1.25 bits per heavy atom. The van der Waals surface area contributed by atoms with Gasteiger partial charge in [-0.2, -0.15) is 15.0 Å². The average Bonchev–Trinajstić information content (AvgIpc) is 3.29. The zero-order valence-electron chi connectivity index (χ0n) is 14.1. The van der Waals surface area contributed by atoms with Crippen molar-refractivity contribution in [1.29, 1.82) is 0 Å². The zero-order chi connectivity index (χ0) is 16.8. The van der Waals surface area contributed by atoms with Crippen LogP contribution in [0.25, 0.3) is 0 Å². The molecule has 1 saturated heterocycles. The third kappa shape index (κ3) is 4.13. The predicted octanol–water partition coefficient (Wildman–Crippen LogP) is 2.47. The molecule has 1 unspecified atom stereocenters. The van der Waals surface area contributed by atoms with Crippen LogP contribution in [0.3, 0.4) is 0 Å². The smallest absolute Gasteiger partial charge is 0.222 e. The third-order valence-corrected chi connectivity index (χ3v) is 4.30. The van der Waals surface area contributed by atoms with Gasteiger partial charge in [0, 0.05) is 19.5 Å². The number of benzene rings is 1. The summed E-state index contributed by atoms with van der Waals surface area (Å²) in [6.45, 7) is 4.32. The van der Waals surface area contributed by atoms with E-state index >= 15 is 0 Å². The molecule has 0 saturated carbocycles. The quantitative estimate of drug-likeness (QED) is 0.783. The summed E-state index contributed by atoms with van der Waals surface area (Å²) in [6, 6.07) is 8.24. The van der Waals surface area contributed by atoms with E-state index in [4.69, 9.17) is 4.74 Å². The van der Waals surface area contributed by atoms with E-state index in [0.29, 0.717) is 13.0 Å². The molecule has 1 aliphatic heterocycles. The number of carbonyl (C=O) groups excluding carboxylic acids is 1. The van der Waals surface area contributed by atoms with Crippen LogP contribution in [-0.4, -0.2) is 45.5 Å². The van der Waals surface area contributed by atoms with Crippen molar-refractivity contribution in [2.75, 3.05) is 19.7 Å². The van der Waals surface area contributed by atoms with Crippen LogP contribution in [0.15, 0.2) is 36.7 Å². The number of carbonyl (C=O) groups is 1. The third-order valence-electron chi connectivity index (χ3n) is 4.30. The summed E-state index contributed by atoms with van der Waals surface area (Å²) in [4.78, 5) is 16.0. The van der Waals surface area contributed by atoms with Crippen LogP contribution in [0.5, 0.6) is 5.75 Å². The maximum Gasteiger partial charge on any atom is 0.222 e. The highest BCUT2D eigenvalue weighted by atomic mass is 16.5. The predicted molar refractivity (Wildman–Crippen MR) is 90.8 cm³/mol. The molecular formula is C18H24N4O2. The van der Waals surface area contributed by atoms with Crippen molar-refractivity contribution in [1.82, 2.24) is 19.9 Å². The minimum atomic E-state index is 0.205. The first-order chi connectivity index (χ1) is 11.8. The molecule has 128 valence electrons. The van der Waals surface area contributed by atoms with Crippen molar-refractivity contribution >= 4 is 5.91 Å². The van der Waals surface area contributed by atoms with Crippen LogP contribution < -0.4 is 4.74 Å². The fourth-order valence-corrected chi connectivity index (χ4v) is 2.95. The number of likely N-dealkylation sites (tertiary alicyclic amines) is 1. The number of hydrogen-bond acceptors (Lipinski definition) is 4. The maximum absolute atomic E-state index is 12.4. The number of amides is 1. The standard InChI is InChI=1S/C18H24N4O2/c1-2-13-24-17-6-3-15(4-7-17)5-8-18(23)21-12-9-16(14-21)22-19-10-11-20-22/h3-4,6-7,10-11,16H,2,5,8-9,12-14H2,1H3. The Kier molecular flexibility index (Phi) is 5.46. The second kappa shape index (κ2) is 7.95. The summed E-state index contributed by atoms with van der Waals surface area (Å²) in [5, 5.41) is 8.34. The minimum absolute atomic E-state index is 0.205. The lowest BCUT2D eigenvalue weighted by molar-refractivity contribution is -0.130. The molecule has 0 bridgehead atoms. The second-order valence-corrected chi connectivity index (χ2v) is 6.12. The van der Waals surface area contributed by atoms with Gasteiger partial charge in [0.05, 0.1) is 25.0 Å². The normalized spacial score (nSPS) is 17.2. The molecule has 3 rings (SSSR count). The van der Waals surface area contributed by atoms with Crippen molar-refractivity contribution in [3.63, 3.8) is 0 Å². The van der Waals surface area contributed by atoms with E-state index in [2.05, 4.69) is 17.1 Å². The number of rotatable bonds is 7. The fourth-order valence-electron chi connectivity index (χ4n) is 2.95. The van der Waals surface area contributed by atoms with E-state index in [-0.39, 0.29) is 11.9 Å². The largest absolute Gasteiger partial charge is 0.494 e. The van der Waals surface area contributed by atoms with Gasteiger partial charge in [-0.1, -0.05) is 19.1 Å². The molecule has 1 aliphatic rings. The molecule has 0 radical (unpaired) electrons. The number of nitrogens with zero attached hydrogens (tertiary/aromatic N) is 4. The second-order valence-electron chi connectivity index (χ2n) is 6.12. The van der Waals surface area contributed by atoms with Crippen LogP contribution in [0.1, 0.15) is 37.8 Å². The number of aromatic nitrogens is 3. The molecule has 1 fully saturated rings. The van der Waals surface area contributed by atoms with E-state index in [9.17, 15) is 4.79 Å². The van der Waals surface area contributed by atoms with Gasteiger partial charge in [0.15, 0.2) is 0 Å². The van der Waals surface area contributed by atoms with Gasteiger partial charge >= 0.3 is 0 Å². The SMILES string of the molecule is CCCOc1ccc(CCC(=O)N2CCC(n3nccn3)C2)cc1. The highest BCUT2D eigenvalue weighted by Gasteiger charge is 2.27. The molecule has 1 aromatic carbocycles. The molecule has 0 spiro atoms. The van der Waals surface area contributed by atoms with Gasteiger partial charge in [-0.15, -0.1) is 0 Å². The first kappa shape index (κ1) is 16.5. The lowest BCUT2D eigenvalue weighted by Gasteiger charge is -2.16. The van der Waals surface area contributed by atoms with Crippen LogP contribution in [0.4, 0.5) is 0 Å². The Morgan fingerprint density at radius 2 is 2.00 bits per heavy atom. The van der Waals surface area contributed by atoms with Crippen molar-refractivity contribution in [3.8, 4) is 5.75 Å². The van der Waals surface area contributed by atoms with Crippen molar-refractivity contribution < 1.29 is 9.53 Å². The van der Waals surface area contributed by atoms with Crippen molar-refractivity contribution in [2.45, 2.75) is 38.6 Å². The lowest BCUT2D eigenvalue weighted by atomic mass is 10.1. The van der Waals surface area contributed by atoms with Gasteiger partial charge in [0.1, 0.15) is 5.75 Å². The van der Waals surface area contributed by atoms with Gasteiger partial charge in [-0.05, 0) is 37.0 Å². The summed E-state index contributed by atoms with van der Waals surface area (Å²) < 4.78 is 5.57. The maximum atomic E-state index is 12.4. The van der Waals surface area contributed by atoms with Crippen molar-refractivity contribution in [2.24, 2.45) is 0 Å². The highest BCUT2D eigenvalue weighted by molar-refractivity contribution is 5.76. The molecule has 1 amide bonds. The van der Waals surface area contributed by atoms with Crippen LogP contribution in [-0.2, 0) is 11.2 Å². The Morgan fingerprint density at radius 3 is 2.71 bits per heavy atom. The highest BCUT2D eigenvalue weighted by Crippen LogP contribution is 2.21. The van der Waals surface area contributed by atoms with E-state index in [1.54, 1.807) is 17.2 Å². The first-order valence-electron chi connectivity index (χ1n) is 8.61. The average molecular weight is 328 g/mol. The topological polar surface area (TPSA) is 60.2 Å². The zero-order valence-corrected chi connectivity index (χ0v) is 14.1. The molecule has 6 nitrogen and oxygen atoms in total. The number of ether oxygens (including phenoxy) is 1. The summed E-state index contributed by atoms with van der Waals surface area (Å²) in [6.07, 6.45) is 6.57. The molecule has 1 atom stereocenters. The molecule has 1 aromatic heterocycles. The van der Waals surface area contributed by atoms with Gasteiger partial charge in [-0.3, -0.25) is 4.79 Å². The fraction of sp³-hybridized carbons (Fsp3) is 0.500. The molecule has 2 aromatic rings. The van der Waals surface area contributed by atoms with E-state index < -0.39 is 0 Å². The van der Waals surface area contributed by atoms with E-state index in [0.717, 1.165) is 43.7 Å². The molecule has 24 heavy (non-hydrogen) atoms. The Hall–Kier alpha value is -2.37. The van der Waals surface area contributed by atoms with E-state index in [1.807, 2.05) is 29.2 Å². The summed E-state index contributed by atoms with van der Waals surface area (Å²) in [5.74, 6) is 1.09. The molecule has 2 heterocycles. The molecule has 6 heteroatoms. The van der Waals surface area contributed by atoms with Gasteiger partial charge in [0.2, 0.25) is 5.91 Å². The summed E-state index contributed by atoms with van der Waals surface area (Å²) in [5.41, 5.74) is 1.16. The number of aryl methyl sites for hydroxylation is 1. The molecule has 0 N–H and O–H groups in total. The Bertz CT molecular complexity index is 640. The summed E-state index contributed by atoms with van der Waals surface area (Å²) >= 11 is 0. The molecule has 0 aliphatic carbocycles. The van der Waals surface area contributed by atoms with Gasteiger partial charge < -0.3 is 9.64 Å². The molecular weight excluding hydrogens is 304 g/mol.